The molecule has 0 saturated carbocycles. The summed E-state index contributed by atoms with van der Waals surface area (Å²) in [6.07, 6.45) is 0.668. The molecule has 144 valence electrons. The molecule has 3 aromatic rings. The van der Waals surface area contributed by atoms with E-state index in [1.165, 1.54) is 0 Å². The molecule has 1 aliphatic rings. The second-order valence-corrected chi connectivity index (χ2v) is 8.46. The van der Waals surface area contributed by atoms with Crippen LogP contribution in [0.3, 0.4) is 0 Å². The second-order valence-electron chi connectivity index (χ2n) is 7.43. The number of hydrogen-bond acceptors (Lipinski definition) is 4. The second kappa shape index (κ2) is 7.24. The summed E-state index contributed by atoms with van der Waals surface area (Å²) in [7, 11) is 0. The van der Waals surface area contributed by atoms with Crippen LogP contribution in [0.15, 0.2) is 47.8 Å². The van der Waals surface area contributed by atoms with E-state index in [9.17, 15) is 9.59 Å². The van der Waals surface area contributed by atoms with Crippen molar-refractivity contribution in [3.05, 3.63) is 69.5 Å². The average molecular weight is 395 g/mol. The number of nitrogens with zero attached hydrogens (tertiary/aromatic N) is 2. The van der Waals surface area contributed by atoms with Crippen molar-refractivity contribution >= 4 is 29.0 Å². The number of anilines is 1. The van der Waals surface area contributed by atoms with Crippen molar-refractivity contribution in [3.8, 4) is 0 Å². The minimum Gasteiger partial charge on any atom is -0.327 e. The first-order valence-corrected chi connectivity index (χ1v) is 10.1. The zero-order chi connectivity index (χ0) is 19.7. The third kappa shape index (κ3) is 3.45. The number of thiophene rings is 1. The largest absolute Gasteiger partial charge is 0.327 e. The van der Waals surface area contributed by atoms with Gasteiger partial charge in [-0.1, -0.05) is 36.4 Å². The van der Waals surface area contributed by atoms with Gasteiger partial charge in [0.2, 0.25) is 11.8 Å². The Hall–Kier alpha value is -2.93. The highest BCUT2D eigenvalue weighted by Gasteiger charge is 2.43. The summed E-state index contributed by atoms with van der Waals surface area (Å²) in [5, 5.41) is 12.2. The fourth-order valence-electron chi connectivity index (χ4n) is 3.63. The molecule has 0 fully saturated rings. The molecule has 0 spiro atoms. The zero-order valence-corrected chi connectivity index (χ0v) is 16.7. The molecule has 3 heterocycles. The summed E-state index contributed by atoms with van der Waals surface area (Å²) in [5.41, 5.74) is 2.20. The predicted molar refractivity (Wildman–Crippen MR) is 109 cm³/mol. The van der Waals surface area contributed by atoms with E-state index in [1.54, 1.807) is 11.3 Å². The van der Waals surface area contributed by atoms with Gasteiger partial charge in [0.15, 0.2) is 5.82 Å². The standard InChI is InChI=1S/C21H22N4O2S/c1-21(2)19-16(13-25(21)18(27)12-15-9-6-10-28-15)20(24-23-19)22-17(26)11-14-7-4-3-5-8-14/h3-10H,11-13H2,1-2H3,(H2,22,23,24,26). The van der Waals surface area contributed by atoms with Crippen LogP contribution in [-0.4, -0.2) is 26.9 Å². The van der Waals surface area contributed by atoms with Gasteiger partial charge in [0.05, 0.1) is 30.6 Å². The maximum Gasteiger partial charge on any atom is 0.230 e. The maximum atomic E-state index is 12.9. The molecule has 4 rings (SSSR count). The molecule has 1 aliphatic heterocycles. The molecule has 2 aromatic heterocycles. The lowest BCUT2D eigenvalue weighted by atomic mass is 10.0. The number of carbonyl (C=O) groups is 2. The lowest BCUT2D eigenvalue weighted by Gasteiger charge is -2.31. The zero-order valence-electron chi connectivity index (χ0n) is 15.9. The molecule has 0 atom stereocenters. The molecule has 0 bridgehead atoms. The van der Waals surface area contributed by atoms with Gasteiger partial charge < -0.3 is 10.2 Å². The van der Waals surface area contributed by atoms with Gasteiger partial charge in [-0.3, -0.25) is 14.7 Å². The quantitative estimate of drug-likeness (QED) is 0.695. The molecule has 0 aliphatic carbocycles. The number of fused-ring (bicyclic) bond motifs is 1. The maximum absolute atomic E-state index is 12.9. The van der Waals surface area contributed by atoms with E-state index in [-0.39, 0.29) is 18.2 Å². The van der Waals surface area contributed by atoms with Crippen LogP contribution in [0.4, 0.5) is 5.82 Å². The van der Waals surface area contributed by atoms with Crippen molar-refractivity contribution < 1.29 is 9.59 Å². The summed E-state index contributed by atoms with van der Waals surface area (Å²) < 4.78 is 0. The molecule has 0 saturated heterocycles. The van der Waals surface area contributed by atoms with Gasteiger partial charge in [0, 0.05) is 10.4 Å². The van der Waals surface area contributed by atoms with Gasteiger partial charge in [-0.15, -0.1) is 11.3 Å². The summed E-state index contributed by atoms with van der Waals surface area (Å²) >= 11 is 1.58. The van der Waals surface area contributed by atoms with Crippen molar-refractivity contribution in [2.45, 2.75) is 38.8 Å². The molecule has 2 amide bonds. The highest BCUT2D eigenvalue weighted by Crippen LogP contribution is 2.40. The van der Waals surface area contributed by atoms with E-state index in [4.69, 9.17) is 0 Å². The first-order valence-electron chi connectivity index (χ1n) is 9.19. The average Bonchev–Trinajstić information content (AvgIpc) is 3.35. The molecule has 6 nitrogen and oxygen atoms in total. The Labute approximate surface area is 167 Å². The Bertz CT molecular complexity index is 993. The number of amides is 2. The van der Waals surface area contributed by atoms with Crippen LogP contribution >= 0.6 is 11.3 Å². The van der Waals surface area contributed by atoms with Gasteiger partial charge in [-0.2, -0.15) is 5.10 Å². The number of rotatable bonds is 5. The Morgan fingerprint density at radius 2 is 1.96 bits per heavy atom. The number of aromatic nitrogens is 2. The van der Waals surface area contributed by atoms with Crippen LogP contribution in [0.1, 0.15) is 35.5 Å². The number of hydrogen-bond donors (Lipinski definition) is 2. The van der Waals surface area contributed by atoms with Crippen molar-refractivity contribution in [3.63, 3.8) is 0 Å². The van der Waals surface area contributed by atoms with E-state index < -0.39 is 5.54 Å². The van der Waals surface area contributed by atoms with Crippen molar-refractivity contribution in [2.24, 2.45) is 0 Å². The fraction of sp³-hybridized carbons (Fsp3) is 0.286. The topological polar surface area (TPSA) is 78.1 Å². The minimum atomic E-state index is -0.501. The summed E-state index contributed by atoms with van der Waals surface area (Å²) in [6, 6.07) is 13.5. The lowest BCUT2D eigenvalue weighted by molar-refractivity contribution is -0.135. The van der Waals surface area contributed by atoms with Crippen molar-refractivity contribution in [1.29, 1.82) is 0 Å². The van der Waals surface area contributed by atoms with Gasteiger partial charge in [0.1, 0.15) is 0 Å². The fourth-order valence-corrected chi connectivity index (χ4v) is 4.33. The van der Waals surface area contributed by atoms with Crippen LogP contribution in [0.5, 0.6) is 0 Å². The van der Waals surface area contributed by atoms with Gasteiger partial charge >= 0.3 is 0 Å². The van der Waals surface area contributed by atoms with Gasteiger partial charge in [-0.05, 0) is 30.9 Å². The van der Waals surface area contributed by atoms with Crippen LogP contribution < -0.4 is 5.32 Å². The van der Waals surface area contributed by atoms with E-state index in [1.807, 2.05) is 66.6 Å². The van der Waals surface area contributed by atoms with Crippen LogP contribution in [0, 0.1) is 0 Å². The molecule has 0 radical (unpaired) electrons. The highest BCUT2D eigenvalue weighted by atomic mass is 32.1. The molecule has 2 N–H and O–H groups in total. The highest BCUT2D eigenvalue weighted by molar-refractivity contribution is 7.10. The molecule has 7 heteroatoms. The monoisotopic (exact) mass is 394 g/mol. The van der Waals surface area contributed by atoms with Crippen molar-refractivity contribution in [1.82, 2.24) is 15.1 Å². The van der Waals surface area contributed by atoms with Gasteiger partial charge in [0.25, 0.3) is 0 Å². The van der Waals surface area contributed by atoms with Gasteiger partial charge in [-0.25, -0.2) is 0 Å². The summed E-state index contributed by atoms with van der Waals surface area (Å²) in [4.78, 5) is 28.2. The lowest BCUT2D eigenvalue weighted by Crippen LogP contribution is -2.41. The molecular weight excluding hydrogens is 372 g/mol. The first-order chi connectivity index (χ1) is 13.4. The summed E-state index contributed by atoms with van der Waals surface area (Å²) in [6.45, 7) is 4.43. The molecule has 28 heavy (non-hydrogen) atoms. The molecule has 1 aromatic carbocycles. The van der Waals surface area contributed by atoms with E-state index in [0.29, 0.717) is 18.8 Å². The number of H-pyrrole nitrogens is 1. The number of nitrogens with one attached hydrogen (secondary N) is 2. The Kier molecular flexibility index (Phi) is 4.77. The van der Waals surface area contributed by atoms with E-state index in [2.05, 4.69) is 15.5 Å². The normalized spacial score (nSPS) is 14.7. The third-order valence-corrected chi connectivity index (χ3v) is 6.02. The molecular formula is C21H22N4O2S. The Balaban J connectivity index is 1.49. The smallest absolute Gasteiger partial charge is 0.230 e. The number of benzene rings is 1. The number of carbonyl (C=O) groups excluding carboxylic acids is 2. The minimum absolute atomic E-state index is 0.0682. The van der Waals surface area contributed by atoms with E-state index in [0.717, 1.165) is 21.7 Å². The summed E-state index contributed by atoms with van der Waals surface area (Å²) in [5.74, 6) is 0.454. The third-order valence-electron chi connectivity index (χ3n) is 5.14. The van der Waals surface area contributed by atoms with Crippen molar-refractivity contribution in [2.75, 3.05) is 5.32 Å². The van der Waals surface area contributed by atoms with E-state index >= 15 is 0 Å². The SMILES string of the molecule is CC1(C)c2[nH]nc(NC(=O)Cc3ccccc3)c2CN1C(=O)Cc1cccs1. The predicted octanol–water partition coefficient (Wildman–Crippen LogP) is 3.47. The Morgan fingerprint density at radius 3 is 2.68 bits per heavy atom. The molecule has 0 unspecified atom stereocenters. The first kappa shape index (κ1) is 18.4. The van der Waals surface area contributed by atoms with Crippen LogP contribution in [-0.2, 0) is 34.5 Å². The number of aromatic amines is 1. The van der Waals surface area contributed by atoms with Crippen LogP contribution in [0.25, 0.3) is 0 Å². The Morgan fingerprint density at radius 1 is 1.18 bits per heavy atom. The van der Waals surface area contributed by atoms with Crippen LogP contribution in [0.2, 0.25) is 0 Å².